The summed E-state index contributed by atoms with van der Waals surface area (Å²) in [5.74, 6) is 1.99. The van der Waals surface area contributed by atoms with Crippen molar-refractivity contribution in [2.24, 2.45) is 5.41 Å². The fourth-order valence-electron chi connectivity index (χ4n) is 2.72. The van der Waals surface area contributed by atoms with Crippen LogP contribution in [0.2, 0.25) is 0 Å². The van der Waals surface area contributed by atoms with Crippen LogP contribution in [0.1, 0.15) is 51.7 Å². The van der Waals surface area contributed by atoms with Crippen LogP contribution in [0.3, 0.4) is 0 Å². The fourth-order valence-corrected chi connectivity index (χ4v) is 2.72. The van der Waals surface area contributed by atoms with Crippen LogP contribution in [0.5, 0.6) is 0 Å². The number of aryl methyl sites for hydroxylation is 1. The molecule has 1 heterocycles. The van der Waals surface area contributed by atoms with Crippen LogP contribution in [0.15, 0.2) is 16.5 Å². The van der Waals surface area contributed by atoms with Crippen molar-refractivity contribution in [1.82, 2.24) is 5.32 Å². The SMILES string of the molecule is CCOC1CC(NC(C)c2ccc(C)o2)C1(C)C. The maximum atomic E-state index is 5.75. The molecule has 1 saturated carbocycles. The summed E-state index contributed by atoms with van der Waals surface area (Å²) in [5, 5.41) is 3.65. The molecule has 1 aromatic heterocycles. The lowest BCUT2D eigenvalue weighted by molar-refractivity contribution is -0.116. The van der Waals surface area contributed by atoms with E-state index in [1.165, 1.54) is 0 Å². The van der Waals surface area contributed by atoms with Crippen LogP contribution in [-0.2, 0) is 4.74 Å². The van der Waals surface area contributed by atoms with E-state index >= 15 is 0 Å². The predicted molar refractivity (Wildman–Crippen MR) is 72.6 cm³/mol. The van der Waals surface area contributed by atoms with E-state index in [9.17, 15) is 0 Å². The second-order valence-electron chi connectivity index (χ2n) is 5.89. The summed E-state index contributed by atoms with van der Waals surface area (Å²) in [6.45, 7) is 11.5. The van der Waals surface area contributed by atoms with Crippen LogP contribution in [0.25, 0.3) is 0 Å². The minimum atomic E-state index is 0.200. The van der Waals surface area contributed by atoms with Gasteiger partial charge in [0, 0.05) is 18.1 Å². The molecule has 18 heavy (non-hydrogen) atoms. The van der Waals surface area contributed by atoms with Gasteiger partial charge in [-0.3, -0.25) is 0 Å². The summed E-state index contributed by atoms with van der Waals surface area (Å²) in [6.07, 6.45) is 1.47. The molecule has 0 spiro atoms. The van der Waals surface area contributed by atoms with Gasteiger partial charge in [-0.15, -0.1) is 0 Å². The normalized spacial score (nSPS) is 27.8. The van der Waals surface area contributed by atoms with E-state index in [1.807, 2.05) is 13.0 Å². The summed E-state index contributed by atoms with van der Waals surface area (Å²) < 4.78 is 11.4. The van der Waals surface area contributed by atoms with Crippen LogP contribution in [-0.4, -0.2) is 18.8 Å². The molecule has 1 N–H and O–H groups in total. The molecule has 3 atom stereocenters. The molecule has 0 bridgehead atoms. The van der Waals surface area contributed by atoms with Gasteiger partial charge >= 0.3 is 0 Å². The van der Waals surface area contributed by atoms with Gasteiger partial charge in [0.1, 0.15) is 11.5 Å². The van der Waals surface area contributed by atoms with Crippen LogP contribution < -0.4 is 5.32 Å². The smallest absolute Gasteiger partial charge is 0.120 e. The molecule has 1 aliphatic rings. The highest BCUT2D eigenvalue weighted by atomic mass is 16.5. The molecule has 3 heteroatoms. The molecule has 1 aliphatic carbocycles. The van der Waals surface area contributed by atoms with Crippen molar-refractivity contribution >= 4 is 0 Å². The molecule has 3 unspecified atom stereocenters. The molecule has 1 aromatic rings. The molecule has 0 aliphatic heterocycles. The van der Waals surface area contributed by atoms with Crippen LogP contribution in [0, 0.1) is 12.3 Å². The third-order valence-electron chi connectivity index (χ3n) is 4.18. The minimum absolute atomic E-state index is 0.200. The molecule has 3 nitrogen and oxygen atoms in total. The van der Waals surface area contributed by atoms with Gasteiger partial charge in [-0.2, -0.15) is 0 Å². The van der Waals surface area contributed by atoms with Crippen molar-refractivity contribution in [3.8, 4) is 0 Å². The lowest BCUT2D eigenvalue weighted by atomic mass is 9.64. The first kappa shape index (κ1) is 13.6. The Hall–Kier alpha value is -0.800. The van der Waals surface area contributed by atoms with Crippen molar-refractivity contribution in [3.05, 3.63) is 23.7 Å². The lowest BCUT2D eigenvalue weighted by Gasteiger charge is -2.52. The van der Waals surface area contributed by atoms with E-state index in [-0.39, 0.29) is 11.5 Å². The number of rotatable bonds is 5. The van der Waals surface area contributed by atoms with Crippen molar-refractivity contribution in [2.45, 2.75) is 59.2 Å². The van der Waals surface area contributed by atoms with Gasteiger partial charge < -0.3 is 14.5 Å². The van der Waals surface area contributed by atoms with Crippen molar-refractivity contribution in [3.63, 3.8) is 0 Å². The van der Waals surface area contributed by atoms with Crippen LogP contribution in [0.4, 0.5) is 0 Å². The Bertz CT molecular complexity index is 397. The molecule has 2 rings (SSSR count). The van der Waals surface area contributed by atoms with Gasteiger partial charge in [0.2, 0.25) is 0 Å². The largest absolute Gasteiger partial charge is 0.465 e. The minimum Gasteiger partial charge on any atom is -0.465 e. The summed E-state index contributed by atoms with van der Waals surface area (Å²) in [6, 6.07) is 4.82. The van der Waals surface area contributed by atoms with Crippen molar-refractivity contribution < 1.29 is 9.15 Å². The van der Waals surface area contributed by atoms with Crippen molar-refractivity contribution in [2.75, 3.05) is 6.61 Å². The zero-order valence-corrected chi connectivity index (χ0v) is 12.1. The Balaban J connectivity index is 1.91. The van der Waals surface area contributed by atoms with Gasteiger partial charge in [-0.1, -0.05) is 13.8 Å². The molecule has 0 radical (unpaired) electrons. The summed E-state index contributed by atoms with van der Waals surface area (Å²) >= 11 is 0. The van der Waals surface area contributed by atoms with Gasteiger partial charge in [-0.05, 0) is 39.3 Å². The number of hydrogen-bond acceptors (Lipinski definition) is 3. The molecular weight excluding hydrogens is 226 g/mol. The summed E-state index contributed by atoms with van der Waals surface area (Å²) in [5.41, 5.74) is 0.200. The van der Waals surface area contributed by atoms with E-state index in [2.05, 4.69) is 39.1 Å². The first-order chi connectivity index (χ1) is 8.45. The number of nitrogens with one attached hydrogen (secondary N) is 1. The molecule has 0 aromatic carbocycles. The Morgan fingerprint density at radius 1 is 1.50 bits per heavy atom. The zero-order valence-electron chi connectivity index (χ0n) is 12.1. The quantitative estimate of drug-likeness (QED) is 0.870. The van der Waals surface area contributed by atoms with E-state index in [4.69, 9.17) is 9.15 Å². The molecule has 0 saturated heterocycles. The van der Waals surface area contributed by atoms with Gasteiger partial charge in [0.05, 0.1) is 12.1 Å². The molecule has 1 fully saturated rings. The maximum absolute atomic E-state index is 5.75. The first-order valence-corrected chi connectivity index (χ1v) is 6.89. The van der Waals surface area contributed by atoms with Gasteiger partial charge in [0.25, 0.3) is 0 Å². The van der Waals surface area contributed by atoms with Crippen LogP contribution >= 0.6 is 0 Å². The second-order valence-corrected chi connectivity index (χ2v) is 5.89. The average Bonchev–Trinajstić information content (AvgIpc) is 2.74. The maximum Gasteiger partial charge on any atom is 0.120 e. The molecular formula is C15H25NO2. The first-order valence-electron chi connectivity index (χ1n) is 6.89. The van der Waals surface area contributed by atoms with Gasteiger partial charge in [0.15, 0.2) is 0 Å². The van der Waals surface area contributed by atoms with E-state index in [0.717, 1.165) is 24.5 Å². The van der Waals surface area contributed by atoms with E-state index in [0.29, 0.717) is 12.1 Å². The summed E-state index contributed by atoms with van der Waals surface area (Å²) in [4.78, 5) is 0. The highest BCUT2D eigenvalue weighted by molar-refractivity contribution is 5.11. The number of furan rings is 1. The Morgan fingerprint density at radius 2 is 2.22 bits per heavy atom. The average molecular weight is 251 g/mol. The fraction of sp³-hybridized carbons (Fsp3) is 0.733. The number of ether oxygens (including phenoxy) is 1. The molecule has 102 valence electrons. The highest BCUT2D eigenvalue weighted by Crippen LogP contribution is 2.43. The lowest BCUT2D eigenvalue weighted by Crippen LogP contribution is -2.61. The Labute approximate surface area is 110 Å². The standard InChI is InChI=1S/C15H25NO2/c1-6-17-14-9-13(15(14,4)5)16-11(3)12-8-7-10(2)18-12/h7-8,11,13-14,16H,6,9H2,1-5H3. The Morgan fingerprint density at radius 3 is 2.72 bits per heavy atom. The highest BCUT2D eigenvalue weighted by Gasteiger charge is 2.49. The predicted octanol–water partition coefficient (Wildman–Crippen LogP) is 3.44. The monoisotopic (exact) mass is 251 g/mol. The zero-order chi connectivity index (χ0) is 13.3. The van der Waals surface area contributed by atoms with Crippen molar-refractivity contribution in [1.29, 1.82) is 0 Å². The van der Waals surface area contributed by atoms with Gasteiger partial charge in [-0.25, -0.2) is 0 Å². The number of hydrogen-bond donors (Lipinski definition) is 1. The summed E-state index contributed by atoms with van der Waals surface area (Å²) in [7, 11) is 0. The topological polar surface area (TPSA) is 34.4 Å². The second kappa shape index (κ2) is 5.06. The molecule has 0 amide bonds. The third-order valence-corrected chi connectivity index (χ3v) is 4.18. The third kappa shape index (κ3) is 2.47. The van der Waals surface area contributed by atoms with E-state index < -0.39 is 0 Å². The van der Waals surface area contributed by atoms with E-state index in [1.54, 1.807) is 0 Å². The Kier molecular flexibility index (Phi) is 3.83.